The molecule has 2 heterocycles. The van der Waals surface area contributed by atoms with Crippen LogP contribution in [-0.2, 0) is 4.79 Å². The quantitative estimate of drug-likeness (QED) is 0.415. The van der Waals surface area contributed by atoms with Crippen LogP contribution in [0.2, 0.25) is 0 Å². The zero-order chi connectivity index (χ0) is 18.6. The molecule has 0 saturated heterocycles. The van der Waals surface area contributed by atoms with Gasteiger partial charge in [0.15, 0.2) is 5.13 Å². The van der Waals surface area contributed by atoms with Gasteiger partial charge in [-0.15, -0.1) is 10.2 Å². The number of hydrogen-bond donors (Lipinski definition) is 1. The Morgan fingerprint density at radius 3 is 2.59 bits per heavy atom. The molecule has 0 fully saturated rings. The fraction of sp³-hybridized carbons (Fsp3) is 0.0526. The SMILES string of the molecule is O=C(CSc1ccc(-c2ccc(Br)cc2)nn1)Nc1nc2ccccc2s1. The van der Waals surface area contributed by atoms with E-state index in [9.17, 15) is 4.79 Å². The highest BCUT2D eigenvalue weighted by atomic mass is 79.9. The van der Waals surface area contributed by atoms with E-state index in [-0.39, 0.29) is 11.7 Å². The maximum absolute atomic E-state index is 12.2. The van der Waals surface area contributed by atoms with E-state index in [2.05, 4.69) is 36.4 Å². The van der Waals surface area contributed by atoms with E-state index < -0.39 is 0 Å². The Bertz CT molecular complexity index is 1050. The van der Waals surface area contributed by atoms with Crippen LogP contribution in [0.3, 0.4) is 0 Å². The molecule has 4 aromatic rings. The van der Waals surface area contributed by atoms with Gasteiger partial charge in [-0.1, -0.05) is 63.3 Å². The number of amides is 1. The molecule has 1 amide bonds. The highest BCUT2D eigenvalue weighted by Gasteiger charge is 2.09. The Kier molecular flexibility index (Phi) is 5.47. The van der Waals surface area contributed by atoms with Crippen molar-refractivity contribution in [2.45, 2.75) is 5.03 Å². The van der Waals surface area contributed by atoms with Gasteiger partial charge >= 0.3 is 0 Å². The van der Waals surface area contributed by atoms with Crippen LogP contribution >= 0.6 is 39.0 Å². The van der Waals surface area contributed by atoms with Crippen LogP contribution in [0.1, 0.15) is 0 Å². The normalized spacial score (nSPS) is 10.9. The second-order valence-electron chi connectivity index (χ2n) is 5.59. The Morgan fingerprint density at radius 2 is 1.85 bits per heavy atom. The summed E-state index contributed by atoms with van der Waals surface area (Å²) >= 11 is 6.23. The molecule has 0 saturated carbocycles. The van der Waals surface area contributed by atoms with E-state index in [1.165, 1.54) is 23.1 Å². The van der Waals surface area contributed by atoms with E-state index in [1.54, 1.807) is 0 Å². The zero-order valence-corrected chi connectivity index (χ0v) is 17.1. The monoisotopic (exact) mass is 456 g/mol. The van der Waals surface area contributed by atoms with Crippen molar-refractivity contribution in [2.75, 3.05) is 11.1 Å². The zero-order valence-electron chi connectivity index (χ0n) is 13.9. The molecular formula is C19H13BrN4OS2. The molecule has 134 valence electrons. The summed E-state index contributed by atoms with van der Waals surface area (Å²) in [7, 11) is 0. The number of rotatable bonds is 5. The molecule has 0 bridgehead atoms. The number of fused-ring (bicyclic) bond motifs is 1. The second-order valence-corrected chi connectivity index (χ2v) is 8.53. The van der Waals surface area contributed by atoms with Crippen molar-refractivity contribution < 1.29 is 4.79 Å². The van der Waals surface area contributed by atoms with Gasteiger partial charge in [0.2, 0.25) is 5.91 Å². The topological polar surface area (TPSA) is 67.8 Å². The van der Waals surface area contributed by atoms with Crippen molar-refractivity contribution in [3.8, 4) is 11.3 Å². The average molecular weight is 457 g/mol. The van der Waals surface area contributed by atoms with Crippen LogP contribution in [0.15, 0.2) is 70.2 Å². The van der Waals surface area contributed by atoms with Crippen LogP contribution < -0.4 is 5.32 Å². The van der Waals surface area contributed by atoms with Gasteiger partial charge in [0.25, 0.3) is 0 Å². The van der Waals surface area contributed by atoms with Gasteiger partial charge < -0.3 is 5.32 Å². The van der Waals surface area contributed by atoms with Crippen molar-refractivity contribution in [2.24, 2.45) is 0 Å². The van der Waals surface area contributed by atoms with Crippen molar-refractivity contribution in [1.82, 2.24) is 15.2 Å². The lowest BCUT2D eigenvalue weighted by Crippen LogP contribution is -2.13. The summed E-state index contributed by atoms with van der Waals surface area (Å²) in [5.41, 5.74) is 2.68. The van der Waals surface area contributed by atoms with Gasteiger partial charge in [-0.05, 0) is 36.4 Å². The van der Waals surface area contributed by atoms with Crippen molar-refractivity contribution >= 4 is 60.3 Å². The molecule has 2 aromatic carbocycles. The van der Waals surface area contributed by atoms with E-state index >= 15 is 0 Å². The third-order valence-electron chi connectivity index (χ3n) is 3.67. The first kappa shape index (κ1) is 18.1. The molecule has 4 rings (SSSR count). The Labute approximate surface area is 172 Å². The number of anilines is 1. The summed E-state index contributed by atoms with van der Waals surface area (Å²) in [6.07, 6.45) is 0. The first-order valence-corrected chi connectivity index (χ1v) is 10.6. The molecule has 0 aliphatic rings. The molecule has 8 heteroatoms. The standard InChI is InChI=1S/C19H13BrN4OS2/c20-13-7-5-12(6-8-13)14-9-10-18(24-23-14)26-11-17(25)22-19-21-15-3-1-2-4-16(15)27-19/h1-10H,11H2,(H,21,22,25). The number of carbonyl (C=O) groups excluding carboxylic acids is 1. The molecule has 0 radical (unpaired) electrons. The summed E-state index contributed by atoms with van der Waals surface area (Å²) in [4.78, 5) is 16.6. The van der Waals surface area contributed by atoms with E-state index in [0.717, 1.165) is 25.9 Å². The highest BCUT2D eigenvalue weighted by molar-refractivity contribution is 9.10. The van der Waals surface area contributed by atoms with E-state index in [1.807, 2.05) is 60.7 Å². The maximum Gasteiger partial charge on any atom is 0.236 e. The highest BCUT2D eigenvalue weighted by Crippen LogP contribution is 2.26. The van der Waals surface area contributed by atoms with Gasteiger partial charge in [0.05, 0.1) is 21.7 Å². The molecule has 0 unspecified atom stereocenters. The number of nitrogens with zero attached hydrogens (tertiary/aromatic N) is 3. The Hall–Kier alpha value is -2.29. The number of thioether (sulfide) groups is 1. The van der Waals surface area contributed by atoms with Crippen LogP contribution in [-0.4, -0.2) is 26.8 Å². The third-order valence-corrected chi connectivity index (χ3v) is 6.07. The van der Waals surface area contributed by atoms with Gasteiger partial charge in [0, 0.05) is 10.0 Å². The number of thiazole rings is 1. The molecule has 0 atom stereocenters. The summed E-state index contributed by atoms with van der Waals surface area (Å²) in [6.45, 7) is 0. The van der Waals surface area contributed by atoms with Crippen LogP contribution in [0.5, 0.6) is 0 Å². The number of para-hydroxylation sites is 1. The molecule has 0 aliphatic carbocycles. The largest absolute Gasteiger partial charge is 0.301 e. The van der Waals surface area contributed by atoms with E-state index in [0.29, 0.717) is 10.2 Å². The minimum absolute atomic E-state index is 0.113. The fourth-order valence-corrected chi connectivity index (χ4v) is 4.15. The lowest BCUT2D eigenvalue weighted by Gasteiger charge is -2.03. The number of carbonyl (C=O) groups is 1. The molecule has 1 N–H and O–H groups in total. The van der Waals surface area contributed by atoms with Crippen molar-refractivity contribution in [1.29, 1.82) is 0 Å². The van der Waals surface area contributed by atoms with Gasteiger partial charge in [-0.25, -0.2) is 4.98 Å². The fourth-order valence-electron chi connectivity index (χ4n) is 2.39. The Balaban J connectivity index is 1.35. The number of nitrogens with one attached hydrogen (secondary N) is 1. The molecule has 0 aliphatic heterocycles. The predicted molar refractivity (Wildman–Crippen MR) is 114 cm³/mol. The Morgan fingerprint density at radius 1 is 1.04 bits per heavy atom. The van der Waals surface area contributed by atoms with Gasteiger partial charge in [-0.3, -0.25) is 4.79 Å². The van der Waals surface area contributed by atoms with Crippen LogP contribution in [0.4, 0.5) is 5.13 Å². The number of benzene rings is 2. The maximum atomic E-state index is 12.2. The summed E-state index contributed by atoms with van der Waals surface area (Å²) in [5, 5.41) is 12.6. The molecule has 5 nitrogen and oxygen atoms in total. The minimum Gasteiger partial charge on any atom is -0.301 e. The predicted octanol–water partition coefficient (Wildman–Crippen LogP) is 5.25. The first-order chi connectivity index (χ1) is 13.2. The lowest BCUT2D eigenvalue weighted by molar-refractivity contribution is -0.113. The molecule has 2 aromatic heterocycles. The van der Waals surface area contributed by atoms with Crippen molar-refractivity contribution in [3.05, 3.63) is 65.1 Å². The summed E-state index contributed by atoms with van der Waals surface area (Å²) in [5.74, 6) is 0.139. The third kappa shape index (κ3) is 4.52. The van der Waals surface area contributed by atoms with Crippen molar-refractivity contribution in [3.63, 3.8) is 0 Å². The molecule has 27 heavy (non-hydrogen) atoms. The average Bonchev–Trinajstić information content (AvgIpc) is 3.09. The number of aromatic nitrogens is 3. The molecule has 0 spiro atoms. The van der Waals surface area contributed by atoms with E-state index in [4.69, 9.17) is 0 Å². The smallest absolute Gasteiger partial charge is 0.236 e. The second kappa shape index (κ2) is 8.16. The van der Waals surface area contributed by atoms with Crippen LogP contribution in [0, 0.1) is 0 Å². The van der Waals surface area contributed by atoms with Gasteiger partial charge in [0.1, 0.15) is 5.03 Å². The minimum atomic E-state index is -0.113. The molecular weight excluding hydrogens is 444 g/mol. The number of halogens is 1. The number of hydrogen-bond acceptors (Lipinski definition) is 6. The summed E-state index contributed by atoms with van der Waals surface area (Å²) in [6, 6.07) is 19.5. The first-order valence-electron chi connectivity index (χ1n) is 8.05. The summed E-state index contributed by atoms with van der Waals surface area (Å²) < 4.78 is 2.07. The van der Waals surface area contributed by atoms with Gasteiger partial charge in [-0.2, -0.15) is 0 Å². The van der Waals surface area contributed by atoms with Crippen LogP contribution in [0.25, 0.3) is 21.5 Å². The lowest BCUT2D eigenvalue weighted by atomic mass is 10.1.